The van der Waals surface area contributed by atoms with Gasteiger partial charge in [0, 0.05) is 24.6 Å². The van der Waals surface area contributed by atoms with E-state index in [9.17, 15) is 0 Å². The summed E-state index contributed by atoms with van der Waals surface area (Å²) in [5, 5.41) is 0. The van der Waals surface area contributed by atoms with Crippen LogP contribution >= 0.6 is 11.8 Å². The summed E-state index contributed by atoms with van der Waals surface area (Å²) in [4.78, 5) is 0. The first-order valence-corrected chi connectivity index (χ1v) is 8.56. The third kappa shape index (κ3) is 3.13. The summed E-state index contributed by atoms with van der Waals surface area (Å²) >= 11 is 2.00. The molecule has 3 unspecified atom stereocenters. The van der Waals surface area contributed by atoms with Gasteiger partial charge in [-0.15, -0.1) is 0 Å². The Morgan fingerprint density at radius 2 is 2.20 bits per heavy atom. The van der Waals surface area contributed by atoms with Gasteiger partial charge < -0.3 is 15.2 Å². The van der Waals surface area contributed by atoms with Crippen LogP contribution in [0, 0.1) is 0 Å². The summed E-state index contributed by atoms with van der Waals surface area (Å²) in [5.74, 6) is 3.29. The Bertz CT molecular complexity index is 440. The molecule has 1 spiro atoms. The van der Waals surface area contributed by atoms with Gasteiger partial charge in [-0.3, -0.25) is 0 Å². The monoisotopic (exact) mass is 293 g/mol. The maximum atomic E-state index is 6.15. The molecule has 2 aliphatic heterocycles. The zero-order valence-electron chi connectivity index (χ0n) is 12.0. The van der Waals surface area contributed by atoms with E-state index in [0.29, 0.717) is 0 Å². The third-order valence-electron chi connectivity index (χ3n) is 4.22. The lowest BCUT2D eigenvalue weighted by Crippen LogP contribution is -2.43. The van der Waals surface area contributed by atoms with Crippen LogP contribution in [0.5, 0.6) is 5.75 Å². The van der Waals surface area contributed by atoms with Crippen LogP contribution in [0.15, 0.2) is 24.3 Å². The van der Waals surface area contributed by atoms with Gasteiger partial charge in [-0.1, -0.05) is 12.1 Å². The summed E-state index contributed by atoms with van der Waals surface area (Å²) in [6, 6.07) is 8.25. The van der Waals surface area contributed by atoms with Crippen molar-refractivity contribution in [2.75, 3.05) is 18.1 Å². The van der Waals surface area contributed by atoms with E-state index in [1.807, 2.05) is 30.8 Å². The molecule has 3 nitrogen and oxygen atoms in total. The molecule has 0 aromatic heterocycles. The van der Waals surface area contributed by atoms with Crippen molar-refractivity contribution in [2.24, 2.45) is 5.73 Å². The van der Waals surface area contributed by atoms with Crippen molar-refractivity contribution in [3.8, 4) is 5.75 Å². The van der Waals surface area contributed by atoms with Crippen molar-refractivity contribution in [3.05, 3.63) is 29.8 Å². The van der Waals surface area contributed by atoms with Gasteiger partial charge in [-0.2, -0.15) is 11.8 Å². The lowest BCUT2D eigenvalue weighted by molar-refractivity contribution is -0.0958. The molecule has 3 atom stereocenters. The number of rotatable bonds is 3. The van der Waals surface area contributed by atoms with Crippen LogP contribution in [0.4, 0.5) is 0 Å². The van der Waals surface area contributed by atoms with Gasteiger partial charge in [0.1, 0.15) is 11.9 Å². The molecule has 2 aliphatic rings. The van der Waals surface area contributed by atoms with E-state index in [-0.39, 0.29) is 17.7 Å². The summed E-state index contributed by atoms with van der Waals surface area (Å²) in [7, 11) is 0. The Morgan fingerprint density at radius 3 is 2.85 bits per heavy atom. The Labute approximate surface area is 125 Å². The Morgan fingerprint density at radius 1 is 1.40 bits per heavy atom. The van der Waals surface area contributed by atoms with Gasteiger partial charge in [-0.05, 0) is 36.8 Å². The van der Waals surface area contributed by atoms with Crippen molar-refractivity contribution >= 4 is 11.8 Å². The fourth-order valence-corrected chi connectivity index (χ4v) is 4.37. The van der Waals surface area contributed by atoms with E-state index in [2.05, 4.69) is 12.1 Å². The number of hydrogen-bond acceptors (Lipinski definition) is 4. The quantitative estimate of drug-likeness (QED) is 0.930. The molecule has 20 heavy (non-hydrogen) atoms. The summed E-state index contributed by atoms with van der Waals surface area (Å²) < 4.78 is 12.2. The van der Waals surface area contributed by atoms with E-state index in [1.54, 1.807) is 0 Å². The summed E-state index contributed by atoms with van der Waals surface area (Å²) in [6.07, 6.45) is 3.46. The second kappa shape index (κ2) is 5.96. The minimum atomic E-state index is 0.0749. The van der Waals surface area contributed by atoms with Crippen molar-refractivity contribution in [1.82, 2.24) is 0 Å². The third-order valence-corrected chi connectivity index (χ3v) is 5.45. The van der Waals surface area contributed by atoms with E-state index in [0.717, 1.165) is 36.5 Å². The average Bonchev–Trinajstić information content (AvgIpc) is 2.87. The van der Waals surface area contributed by atoms with E-state index >= 15 is 0 Å². The number of nitrogens with two attached hydrogens (primary N) is 1. The van der Waals surface area contributed by atoms with E-state index in [4.69, 9.17) is 15.2 Å². The predicted molar refractivity (Wildman–Crippen MR) is 83.3 cm³/mol. The van der Waals surface area contributed by atoms with Gasteiger partial charge in [0.05, 0.1) is 12.2 Å². The smallest absolute Gasteiger partial charge is 0.119 e. The van der Waals surface area contributed by atoms with Crippen molar-refractivity contribution in [1.29, 1.82) is 0 Å². The lowest BCUT2D eigenvalue weighted by Gasteiger charge is -2.37. The fourth-order valence-electron chi connectivity index (χ4n) is 2.99. The van der Waals surface area contributed by atoms with Crippen LogP contribution in [-0.4, -0.2) is 29.8 Å². The molecule has 1 aromatic carbocycles. The highest BCUT2D eigenvalue weighted by atomic mass is 32.2. The zero-order valence-corrected chi connectivity index (χ0v) is 12.8. The van der Waals surface area contributed by atoms with Crippen LogP contribution in [0.2, 0.25) is 0 Å². The Balaban J connectivity index is 1.62. The molecule has 2 fully saturated rings. The zero-order chi connectivity index (χ0) is 14.0. The lowest BCUT2D eigenvalue weighted by atomic mass is 9.91. The molecule has 1 aromatic rings. The molecule has 0 aliphatic carbocycles. The molecular formula is C16H23NO2S. The SMILES string of the molecule is CC(N)c1ccc(OC2CCOC3(CCSC3)C2)cc1. The summed E-state index contributed by atoms with van der Waals surface area (Å²) in [5.41, 5.74) is 7.10. The molecule has 110 valence electrons. The average molecular weight is 293 g/mol. The van der Waals surface area contributed by atoms with E-state index in [1.165, 1.54) is 12.2 Å². The van der Waals surface area contributed by atoms with Crippen LogP contribution in [0.25, 0.3) is 0 Å². The molecule has 0 saturated carbocycles. The van der Waals surface area contributed by atoms with Crippen LogP contribution in [-0.2, 0) is 4.74 Å². The van der Waals surface area contributed by atoms with Gasteiger partial charge in [0.15, 0.2) is 0 Å². The number of thioether (sulfide) groups is 1. The Kier molecular flexibility index (Phi) is 4.24. The van der Waals surface area contributed by atoms with Gasteiger partial charge >= 0.3 is 0 Å². The highest BCUT2D eigenvalue weighted by Crippen LogP contribution is 2.39. The van der Waals surface area contributed by atoms with Crippen molar-refractivity contribution < 1.29 is 9.47 Å². The fraction of sp³-hybridized carbons (Fsp3) is 0.625. The highest BCUT2D eigenvalue weighted by molar-refractivity contribution is 7.99. The maximum Gasteiger partial charge on any atom is 0.119 e. The molecule has 2 heterocycles. The van der Waals surface area contributed by atoms with Crippen molar-refractivity contribution in [3.63, 3.8) is 0 Å². The predicted octanol–water partition coefficient (Wildman–Crippen LogP) is 3.14. The van der Waals surface area contributed by atoms with Crippen molar-refractivity contribution in [2.45, 2.75) is 43.9 Å². The second-order valence-corrected chi connectivity index (χ2v) is 7.03. The molecule has 2 saturated heterocycles. The Hall–Kier alpha value is -0.710. The maximum absolute atomic E-state index is 6.15. The molecule has 4 heteroatoms. The number of hydrogen-bond donors (Lipinski definition) is 1. The van der Waals surface area contributed by atoms with Gasteiger partial charge in [-0.25, -0.2) is 0 Å². The first-order valence-electron chi connectivity index (χ1n) is 7.41. The normalized spacial score (nSPS) is 31.4. The number of ether oxygens (including phenoxy) is 2. The van der Waals surface area contributed by atoms with Crippen LogP contribution < -0.4 is 10.5 Å². The topological polar surface area (TPSA) is 44.5 Å². The molecule has 2 N–H and O–H groups in total. The summed E-state index contributed by atoms with van der Waals surface area (Å²) in [6.45, 7) is 2.82. The molecule has 0 amide bonds. The number of benzene rings is 1. The molecule has 3 rings (SSSR count). The van der Waals surface area contributed by atoms with Crippen LogP contribution in [0.1, 0.15) is 37.8 Å². The van der Waals surface area contributed by atoms with Gasteiger partial charge in [0.2, 0.25) is 0 Å². The van der Waals surface area contributed by atoms with Crippen LogP contribution in [0.3, 0.4) is 0 Å². The van der Waals surface area contributed by atoms with Gasteiger partial charge in [0.25, 0.3) is 0 Å². The minimum absolute atomic E-state index is 0.0749. The minimum Gasteiger partial charge on any atom is -0.490 e. The first kappa shape index (κ1) is 14.2. The first-order chi connectivity index (χ1) is 9.67. The molecule has 0 radical (unpaired) electrons. The molecular weight excluding hydrogens is 270 g/mol. The molecule has 0 bridgehead atoms. The second-order valence-electron chi connectivity index (χ2n) is 5.92. The highest BCUT2D eigenvalue weighted by Gasteiger charge is 2.41. The standard InChI is InChI=1S/C16H23NO2S/c1-12(17)13-2-4-14(5-3-13)19-15-6-8-18-16(10-15)7-9-20-11-16/h2-5,12,15H,6-11,17H2,1H3. The van der Waals surface area contributed by atoms with E-state index < -0.39 is 0 Å². The largest absolute Gasteiger partial charge is 0.490 e.